The van der Waals surface area contributed by atoms with Crippen molar-refractivity contribution in [3.8, 4) is 5.75 Å². The molecule has 0 fully saturated rings. The minimum Gasteiger partial charge on any atom is -0.495 e. The SMILES string of the molecule is COc1ccc(S(=O)(=O)N[C@@H](C)CCc2ccco2)cc1NC(C)=O. The number of ether oxygens (including phenoxy) is 1. The summed E-state index contributed by atoms with van der Waals surface area (Å²) in [5, 5.41) is 2.57. The van der Waals surface area contributed by atoms with Crippen LogP contribution in [0, 0.1) is 0 Å². The highest BCUT2D eigenvalue weighted by Gasteiger charge is 2.19. The molecule has 1 atom stereocenters. The van der Waals surface area contributed by atoms with Crippen molar-refractivity contribution >= 4 is 21.6 Å². The van der Waals surface area contributed by atoms with E-state index in [4.69, 9.17) is 9.15 Å². The fraction of sp³-hybridized carbons (Fsp3) is 0.353. The Labute approximate surface area is 147 Å². The van der Waals surface area contributed by atoms with Crippen LogP contribution in [0.2, 0.25) is 0 Å². The second kappa shape index (κ2) is 8.17. The first-order valence-electron chi connectivity index (χ1n) is 7.82. The molecule has 0 saturated heterocycles. The molecule has 0 saturated carbocycles. The van der Waals surface area contributed by atoms with Gasteiger partial charge in [-0.25, -0.2) is 13.1 Å². The van der Waals surface area contributed by atoms with Gasteiger partial charge in [0.05, 0.1) is 24.0 Å². The van der Waals surface area contributed by atoms with Crippen molar-refractivity contribution in [1.29, 1.82) is 0 Å². The molecule has 2 N–H and O–H groups in total. The molecule has 7 nitrogen and oxygen atoms in total. The maximum Gasteiger partial charge on any atom is 0.240 e. The quantitative estimate of drug-likeness (QED) is 0.748. The predicted octanol–water partition coefficient (Wildman–Crippen LogP) is 2.55. The van der Waals surface area contributed by atoms with E-state index < -0.39 is 10.0 Å². The standard InChI is InChI=1S/C17H22N2O5S/c1-12(6-7-14-5-4-10-24-14)19-25(21,22)15-8-9-17(23-3)16(11-15)18-13(2)20/h4-5,8-12,19H,6-7H2,1-3H3,(H,18,20)/t12-/m0/s1. The highest BCUT2D eigenvalue weighted by molar-refractivity contribution is 7.89. The summed E-state index contributed by atoms with van der Waals surface area (Å²) in [4.78, 5) is 11.3. The Morgan fingerprint density at radius 1 is 1.32 bits per heavy atom. The molecule has 0 radical (unpaired) electrons. The van der Waals surface area contributed by atoms with Crippen molar-refractivity contribution in [3.05, 3.63) is 42.4 Å². The molecule has 0 bridgehead atoms. The molecule has 0 aliphatic carbocycles. The number of hydrogen-bond acceptors (Lipinski definition) is 5. The Bertz CT molecular complexity index is 816. The number of carbonyl (C=O) groups excluding carboxylic acids is 1. The number of sulfonamides is 1. The van der Waals surface area contributed by atoms with E-state index in [2.05, 4.69) is 10.0 Å². The molecule has 1 aromatic heterocycles. The second-order valence-electron chi connectivity index (χ2n) is 5.68. The van der Waals surface area contributed by atoms with Crippen LogP contribution in [0.25, 0.3) is 0 Å². The van der Waals surface area contributed by atoms with Gasteiger partial charge in [-0.3, -0.25) is 4.79 Å². The molecule has 1 aromatic carbocycles. The van der Waals surface area contributed by atoms with Crippen molar-refractivity contribution in [2.45, 2.75) is 37.6 Å². The van der Waals surface area contributed by atoms with Gasteiger partial charge in [0.15, 0.2) is 0 Å². The lowest BCUT2D eigenvalue weighted by Gasteiger charge is -2.15. The van der Waals surface area contributed by atoms with Gasteiger partial charge in [0.1, 0.15) is 11.5 Å². The highest BCUT2D eigenvalue weighted by atomic mass is 32.2. The lowest BCUT2D eigenvalue weighted by molar-refractivity contribution is -0.114. The number of methoxy groups -OCH3 is 1. The topological polar surface area (TPSA) is 97.6 Å². The first-order chi connectivity index (χ1) is 11.8. The van der Waals surface area contributed by atoms with Gasteiger partial charge >= 0.3 is 0 Å². The Morgan fingerprint density at radius 2 is 2.08 bits per heavy atom. The van der Waals surface area contributed by atoms with Gasteiger partial charge in [0.25, 0.3) is 0 Å². The van der Waals surface area contributed by atoms with Crippen molar-refractivity contribution in [3.63, 3.8) is 0 Å². The summed E-state index contributed by atoms with van der Waals surface area (Å²) in [5.41, 5.74) is 0.307. The van der Waals surface area contributed by atoms with Gasteiger partial charge in [0, 0.05) is 19.4 Å². The Hall–Kier alpha value is -2.32. The number of amides is 1. The van der Waals surface area contributed by atoms with Crippen LogP contribution in [0.3, 0.4) is 0 Å². The van der Waals surface area contributed by atoms with Gasteiger partial charge in [-0.05, 0) is 43.7 Å². The van der Waals surface area contributed by atoms with Crippen molar-refractivity contribution in [1.82, 2.24) is 4.72 Å². The molecule has 8 heteroatoms. The third-order valence-electron chi connectivity index (χ3n) is 3.55. The van der Waals surface area contributed by atoms with E-state index in [0.29, 0.717) is 24.3 Å². The molecule has 0 unspecified atom stereocenters. The first kappa shape index (κ1) is 19.0. The molecule has 136 valence electrons. The molecule has 2 rings (SSSR count). The van der Waals surface area contributed by atoms with E-state index in [1.807, 2.05) is 6.07 Å². The monoisotopic (exact) mass is 366 g/mol. The number of hydrogen-bond donors (Lipinski definition) is 2. The zero-order valence-corrected chi connectivity index (χ0v) is 15.2. The summed E-state index contributed by atoms with van der Waals surface area (Å²) in [6.07, 6.45) is 2.82. The Morgan fingerprint density at radius 3 is 2.68 bits per heavy atom. The number of nitrogens with one attached hydrogen (secondary N) is 2. The fourth-order valence-electron chi connectivity index (χ4n) is 2.35. The van der Waals surface area contributed by atoms with Crippen molar-refractivity contribution in [2.24, 2.45) is 0 Å². The van der Waals surface area contributed by atoms with Crippen LogP contribution >= 0.6 is 0 Å². The Balaban J connectivity index is 2.11. The summed E-state index contributed by atoms with van der Waals surface area (Å²) >= 11 is 0. The zero-order chi connectivity index (χ0) is 18.4. The van der Waals surface area contributed by atoms with Crippen molar-refractivity contribution < 1.29 is 22.4 Å². The third kappa shape index (κ3) is 5.33. The largest absolute Gasteiger partial charge is 0.495 e. The van der Waals surface area contributed by atoms with Crippen LogP contribution in [-0.4, -0.2) is 27.5 Å². The number of anilines is 1. The first-order valence-corrected chi connectivity index (χ1v) is 9.30. The molecule has 2 aromatic rings. The second-order valence-corrected chi connectivity index (χ2v) is 7.40. The van der Waals surface area contributed by atoms with E-state index in [-0.39, 0.29) is 16.8 Å². The number of carbonyl (C=O) groups is 1. The van der Waals surface area contributed by atoms with Crippen LogP contribution in [0.4, 0.5) is 5.69 Å². The minimum absolute atomic E-state index is 0.0573. The molecular weight excluding hydrogens is 344 g/mol. The molecule has 25 heavy (non-hydrogen) atoms. The maximum atomic E-state index is 12.6. The van der Waals surface area contributed by atoms with Crippen LogP contribution in [0.15, 0.2) is 45.9 Å². The highest BCUT2D eigenvalue weighted by Crippen LogP contribution is 2.27. The minimum atomic E-state index is -3.72. The van der Waals surface area contributed by atoms with E-state index in [9.17, 15) is 13.2 Å². The van der Waals surface area contributed by atoms with E-state index in [0.717, 1.165) is 5.76 Å². The lowest BCUT2D eigenvalue weighted by atomic mass is 10.2. The summed E-state index contributed by atoms with van der Waals surface area (Å²) in [6, 6.07) is 7.69. The van der Waals surface area contributed by atoms with Gasteiger partial charge in [-0.15, -0.1) is 0 Å². The van der Waals surface area contributed by atoms with E-state index in [1.165, 1.54) is 32.2 Å². The Kier molecular flexibility index (Phi) is 6.22. The van der Waals surface area contributed by atoms with Gasteiger partial charge in [-0.2, -0.15) is 0 Å². The van der Waals surface area contributed by atoms with Crippen LogP contribution < -0.4 is 14.8 Å². The molecular formula is C17H22N2O5S. The van der Waals surface area contributed by atoms with Gasteiger partial charge in [-0.1, -0.05) is 0 Å². The summed E-state index contributed by atoms with van der Waals surface area (Å²) < 4.78 is 38.1. The smallest absolute Gasteiger partial charge is 0.240 e. The molecule has 0 aliphatic rings. The number of aryl methyl sites for hydroxylation is 1. The van der Waals surface area contributed by atoms with Crippen LogP contribution in [0.1, 0.15) is 26.0 Å². The predicted molar refractivity (Wildman–Crippen MR) is 94.1 cm³/mol. The molecule has 1 amide bonds. The average molecular weight is 366 g/mol. The molecule has 0 spiro atoms. The van der Waals surface area contributed by atoms with E-state index in [1.54, 1.807) is 19.3 Å². The summed E-state index contributed by atoms with van der Waals surface area (Å²) in [7, 11) is -2.27. The molecule has 0 aliphatic heterocycles. The lowest BCUT2D eigenvalue weighted by Crippen LogP contribution is -2.33. The third-order valence-corrected chi connectivity index (χ3v) is 5.14. The fourth-order valence-corrected chi connectivity index (χ4v) is 3.65. The average Bonchev–Trinajstić information content (AvgIpc) is 3.05. The van der Waals surface area contributed by atoms with Gasteiger partial charge < -0.3 is 14.5 Å². The number of benzene rings is 1. The molecule has 1 heterocycles. The zero-order valence-electron chi connectivity index (χ0n) is 14.4. The summed E-state index contributed by atoms with van der Waals surface area (Å²) in [6.45, 7) is 3.13. The number of rotatable bonds is 8. The van der Waals surface area contributed by atoms with Crippen LogP contribution in [-0.2, 0) is 21.2 Å². The van der Waals surface area contributed by atoms with Gasteiger partial charge in [0.2, 0.25) is 15.9 Å². The normalized spacial score (nSPS) is 12.6. The number of furan rings is 1. The maximum absolute atomic E-state index is 12.6. The summed E-state index contributed by atoms with van der Waals surface area (Å²) in [5.74, 6) is 0.885. The van der Waals surface area contributed by atoms with Crippen LogP contribution in [0.5, 0.6) is 5.75 Å². The van der Waals surface area contributed by atoms with E-state index >= 15 is 0 Å². The van der Waals surface area contributed by atoms with Crippen molar-refractivity contribution in [2.75, 3.05) is 12.4 Å².